The number of nitrogens with zero attached hydrogens (tertiary/aromatic N) is 1. The fourth-order valence-corrected chi connectivity index (χ4v) is 2.69. The zero-order chi connectivity index (χ0) is 14.6. The Balaban J connectivity index is 2.69. The minimum Gasteiger partial charge on any atom is -0.352 e. The summed E-state index contributed by atoms with van der Waals surface area (Å²) in [6.45, 7) is 8.29. The lowest BCUT2D eigenvalue weighted by Gasteiger charge is -2.33. The Hall–Kier alpha value is -1.10. The highest BCUT2D eigenvalue weighted by atomic mass is 16.2. The number of nitrogens with two attached hydrogens (primary N) is 1. The van der Waals surface area contributed by atoms with Crippen LogP contribution in [0.15, 0.2) is 0 Å². The first-order valence-corrected chi connectivity index (χ1v) is 7.15. The van der Waals surface area contributed by atoms with E-state index in [1.165, 1.54) is 0 Å². The third-order valence-electron chi connectivity index (χ3n) is 3.97. The fraction of sp³-hybridized carbons (Fsp3) is 0.857. The smallest absolute Gasteiger partial charge is 0.239 e. The van der Waals surface area contributed by atoms with Gasteiger partial charge in [0.25, 0.3) is 0 Å². The first kappa shape index (κ1) is 16.0. The number of rotatable bonds is 5. The van der Waals surface area contributed by atoms with Crippen LogP contribution in [0.3, 0.4) is 0 Å². The highest BCUT2D eigenvalue weighted by Gasteiger charge is 2.45. The Labute approximate surface area is 115 Å². The molecule has 5 heteroatoms. The van der Waals surface area contributed by atoms with Crippen LogP contribution >= 0.6 is 0 Å². The number of nitrogens with one attached hydrogen (secondary N) is 1. The molecule has 0 aromatic heterocycles. The average Bonchev–Trinajstić information content (AvgIpc) is 2.66. The fourth-order valence-electron chi connectivity index (χ4n) is 2.69. The molecule has 1 fully saturated rings. The summed E-state index contributed by atoms with van der Waals surface area (Å²) in [5.41, 5.74) is 5.56. The van der Waals surface area contributed by atoms with Crippen molar-refractivity contribution in [3.05, 3.63) is 0 Å². The predicted octanol–water partition coefficient (Wildman–Crippen LogP) is 0.877. The Morgan fingerprint density at radius 1 is 1.47 bits per heavy atom. The Kier molecular flexibility index (Phi) is 5.35. The van der Waals surface area contributed by atoms with Crippen molar-refractivity contribution in [1.29, 1.82) is 0 Å². The van der Waals surface area contributed by atoms with Crippen molar-refractivity contribution in [2.75, 3.05) is 13.1 Å². The monoisotopic (exact) mass is 269 g/mol. The minimum absolute atomic E-state index is 0.0129. The number of carbonyl (C=O) groups excluding carboxylic acids is 2. The van der Waals surface area contributed by atoms with Gasteiger partial charge in [-0.15, -0.1) is 0 Å². The summed E-state index contributed by atoms with van der Waals surface area (Å²) in [7, 11) is 0. The molecule has 2 amide bonds. The summed E-state index contributed by atoms with van der Waals surface area (Å²) in [5, 5.41) is 2.81. The van der Waals surface area contributed by atoms with Crippen molar-refractivity contribution < 1.29 is 9.59 Å². The van der Waals surface area contributed by atoms with Crippen LogP contribution in [-0.2, 0) is 9.59 Å². The first-order valence-electron chi connectivity index (χ1n) is 7.15. The normalized spacial score (nSPS) is 26.5. The molecule has 0 radical (unpaired) electrons. The maximum atomic E-state index is 12.6. The van der Waals surface area contributed by atoms with Crippen LogP contribution in [0.5, 0.6) is 0 Å². The second-order valence-electron chi connectivity index (χ2n) is 5.96. The number of hydrogen-bond donors (Lipinski definition) is 2. The van der Waals surface area contributed by atoms with Crippen LogP contribution in [0.2, 0.25) is 0 Å². The van der Waals surface area contributed by atoms with E-state index >= 15 is 0 Å². The van der Waals surface area contributed by atoms with E-state index < -0.39 is 5.41 Å². The van der Waals surface area contributed by atoms with E-state index in [-0.39, 0.29) is 30.4 Å². The average molecular weight is 269 g/mol. The van der Waals surface area contributed by atoms with Crippen molar-refractivity contribution in [1.82, 2.24) is 10.2 Å². The molecule has 0 aromatic carbocycles. The molecule has 5 nitrogen and oxygen atoms in total. The highest BCUT2D eigenvalue weighted by Crippen LogP contribution is 2.38. The van der Waals surface area contributed by atoms with E-state index in [0.29, 0.717) is 6.54 Å². The van der Waals surface area contributed by atoms with Crippen molar-refractivity contribution in [3.63, 3.8) is 0 Å². The Morgan fingerprint density at radius 2 is 2.11 bits per heavy atom. The molecule has 3 N–H and O–H groups in total. The summed E-state index contributed by atoms with van der Waals surface area (Å²) in [6, 6.07) is -0.00663. The number of likely N-dealkylation sites (N-methyl/N-ethyl adjacent to an activating group) is 1. The summed E-state index contributed by atoms with van der Waals surface area (Å²) in [6.07, 6.45) is 2.69. The van der Waals surface area contributed by atoms with Crippen molar-refractivity contribution >= 4 is 11.8 Å². The van der Waals surface area contributed by atoms with Crippen LogP contribution in [0, 0.1) is 5.41 Å². The summed E-state index contributed by atoms with van der Waals surface area (Å²) in [5.74, 6) is -0.0979. The maximum Gasteiger partial charge on any atom is 0.239 e. The molecule has 110 valence electrons. The van der Waals surface area contributed by atoms with Gasteiger partial charge < -0.3 is 16.0 Å². The molecule has 0 aromatic rings. The summed E-state index contributed by atoms with van der Waals surface area (Å²) >= 11 is 0. The van der Waals surface area contributed by atoms with E-state index in [9.17, 15) is 9.59 Å². The van der Waals surface area contributed by atoms with Gasteiger partial charge in [-0.3, -0.25) is 9.59 Å². The van der Waals surface area contributed by atoms with Gasteiger partial charge in [0.15, 0.2) is 0 Å². The van der Waals surface area contributed by atoms with Gasteiger partial charge in [0.05, 0.1) is 12.0 Å². The van der Waals surface area contributed by atoms with Gasteiger partial charge >= 0.3 is 0 Å². The molecule has 0 spiro atoms. The molecular formula is C14H27N3O2. The SMILES string of the molecule is CCN(CC(=O)NC(C)C)C(=O)C1(C)CCCC1N. The van der Waals surface area contributed by atoms with E-state index in [4.69, 9.17) is 5.73 Å². The molecule has 19 heavy (non-hydrogen) atoms. The van der Waals surface area contributed by atoms with Crippen LogP contribution < -0.4 is 11.1 Å². The highest BCUT2D eigenvalue weighted by molar-refractivity contribution is 5.88. The largest absolute Gasteiger partial charge is 0.352 e. The third kappa shape index (κ3) is 3.69. The third-order valence-corrected chi connectivity index (χ3v) is 3.97. The molecule has 2 unspecified atom stereocenters. The zero-order valence-corrected chi connectivity index (χ0v) is 12.5. The van der Waals surface area contributed by atoms with E-state index in [1.807, 2.05) is 27.7 Å². The van der Waals surface area contributed by atoms with Crippen LogP contribution in [0.1, 0.15) is 47.0 Å². The van der Waals surface area contributed by atoms with Gasteiger partial charge in [-0.2, -0.15) is 0 Å². The number of amides is 2. The van der Waals surface area contributed by atoms with Gasteiger partial charge in [-0.05, 0) is 40.5 Å². The lowest BCUT2D eigenvalue weighted by atomic mass is 9.83. The van der Waals surface area contributed by atoms with Crippen LogP contribution in [0.4, 0.5) is 0 Å². The molecule has 0 aliphatic heterocycles. The van der Waals surface area contributed by atoms with Crippen molar-refractivity contribution in [2.24, 2.45) is 11.1 Å². The lowest BCUT2D eigenvalue weighted by Crippen LogP contribution is -2.52. The van der Waals surface area contributed by atoms with E-state index in [1.54, 1.807) is 4.90 Å². The van der Waals surface area contributed by atoms with Crippen molar-refractivity contribution in [3.8, 4) is 0 Å². The predicted molar refractivity (Wildman–Crippen MR) is 75.5 cm³/mol. The molecule has 0 bridgehead atoms. The van der Waals surface area contributed by atoms with E-state index in [0.717, 1.165) is 19.3 Å². The van der Waals surface area contributed by atoms with Gasteiger partial charge in [-0.1, -0.05) is 6.42 Å². The zero-order valence-electron chi connectivity index (χ0n) is 12.5. The summed E-state index contributed by atoms with van der Waals surface area (Å²) < 4.78 is 0. The molecule has 1 saturated carbocycles. The number of carbonyl (C=O) groups is 2. The number of hydrogen-bond acceptors (Lipinski definition) is 3. The molecule has 2 atom stereocenters. The van der Waals surface area contributed by atoms with Crippen molar-refractivity contribution in [2.45, 2.75) is 59.0 Å². The van der Waals surface area contributed by atoms with Crippen LogP contribution in [0.25, 0.3) is 0 Å². The van der Waals surface area contributed by atoms with Crippen LogP contribution in [-0.4, -0.2) is 41.9 Å². The molecule has 1 rings (SSSR count). The van der Waals surface area contributed by atoms with Gasteiger partial charge in [0.2, 0.25) is 11.8 Å². The molecular weight excluding hydrogens is 242 g/mol. The van der Waals surface area contributed by atoms with Gasteiger partial charge in [0, 0.05) is 18.6 Å². The lowest BCUT2D eigenvalue weighted by molar-refractivity contribution is -0.144. The Bertz CT molecular complexity index is 344. The van der Waals surface area contributed by atoms with Gasteiger partial charge in [-0.25, -0.2) is 0 Å². The standard InChI is InChI=1S/C14H27N3O2/c1-5-17(9-12(18)16-10(2)3)13(19)14(4)8-6-7-11(14)15/h10-11H,5-9,15H2,1-4H3,(H,16,18). The maximum absolute atomic E-state index is 12.6. The minimum atomic E-state index is -0.506. The quantitative estimate of drug-likeness (QED) is 0.778. The van der Waals surface area contributed by atoms with E-state index in [2.05, 4.69) is 5.32 Å². The molecule has 0 saturated heterocycles. The Morgan fingerprint density at radius 3 is 2.53 bits per heavy atom. The molecule has 1 aliphatic carbocycles. The first-order chi connectivity index (χ1) is 8.81. The molecule has 0 heterocycles. The topological polar surface area (TPSA) is 75.4 Å². The second kappa shape index (κ2) is 6.37. The van der Waals surface area contributed by atoms with Gasteiger partial charge in [0.1, 0.15) is 0 Å². The second-order valence-corrected chi connectivity index (χ2v) is 5.96. The molecule has 1 aliphatic rings. The summed E-state index contributed by atoms with van der Waals surface area (Å²) in [4.78, 5) is 26.0.